The fraction of sp³-hybridized carbons (Fsp3) is 0.727. The van der Waals surface area contributed by atoms with Gasteiger partial charge in [0, 0.05) is 13.0 Å². The van der Waals surface area contributed by atoms with Gasteiger partial charge in [-0.05, 0) is 31.7 Å². The molecule has 0 aliphatic carbocycles. The first-order chi connectivity index (χ1) is 8.24. The second-order valence-electron chi connectivity index (χ2n) is 4.52. The molecule has 17 heavy (non-hydrogen) atoms. The molecule has 1 aromatic heterocycles. The summed E-state index contributed by atoms with van der Waals surface area (Å²) in [5, 5.41) is 12.5. The number of nitrogens with zero attached hydrogens (tertiary/aromatic N) is 3. The third kappa shape index (κ3) is 3.81. The van der Waals surface area contributed by atoms with E-state index in [1.165, 1.54) is 6.39 Å². The van der Waals surface area contributed by atoms with Crippen molar-refractivity contribution in [2.75, 3.05) is 13.1 Å². The van der Waals surface area contributed by atoms with E-state index in [1.54, 1.807) is 0 Å². The first kappa shape index (κ1) is 12.0. The molecule has 1 atom stereocenters. The molecule has 0 saturated carbocycles. The topological polar surface area (TPSA) is 79.5 Å². The van der Waals surface area contributed by atoms with Crippen LogP contribution < -0.4 is 0 Å². The van der Waals surface area contributed by atoms with E-state index in [9.17, 15) is 4.79 Å². The van der Waals surface area contributed by atoms with E-state index in [0.717, 1.165) is 32.4 Å². The van der Waals surface area contributed by atoms with Crippen LogP contribution in [0.25, 0.3) is 0 Å². The summed E-state index contributed by atoms with van der Waals surface area (Å²) in [5.74, 6) is 0.468. The van der Waals surface area contributed by atoms with Gasteiger partial charge in [0.2, 0.25) is 6.39 Å². The number of likely N-dealkylation sites (tertiary alicyclic amines) is 1. The first-order valence-electron chi connectivity index (χ1n) is 5.93. The Morgan fingerprint density at radius 2 is 2.53 bits per heavy atom. The SMILES string of the molecule is O=C(O)CCC1CCCN(Cc2ncon2)C1. The van der Waals surface area contributed by atoms with Crippen LogP contribution in [0.5, 0.6) is 0 Å². The summed E-state index contributed by atoms with van der Waals surface area (Å²) >= 11 is 0. The van der Waals surface area contributed by atoms with Crippen LogP contribution in [0, 0.1) is 5.92 Å². The van der Waals surface area contributed by atoms with E-state index in [0.29, 0.717) is 18.3 Å². The average molecular weight is 239 g/mol. The number of aromatic nitrogens is 2. The highest BCUT2D eigenvalue weighted by Gasteiger charge is 2.21. The second-order valence-corrected chi connectivity index (χ2v) is 4.52. The van der Waals surface area contributed by atoms with E-state index >= 15 is 0 Å². The lowest BCUT2D eigenvalue weighted by molar-refractivity contribution is -0.137. The monoisotopic (exact) mass is 239 g/mol. The van der Waals surface area contributed by atoms with Crippen LogP contribution >= 0.6 is 0 Å². The van der Waals surface area contributed by atoms with Crippen molar-refractivity contribution >= 4 is 5.97 Å². The Hall–Kier alpha value is -1.43. The van der Waals surface area contributed by atoms with E-state index in [1.807, 2.05) is 0 Å². The Labute approximate surface area is 99.6 Å². The van der Waals surface area contributed by atoms with E-state index in [4.69, 9.17) is 9.63 Å². The number of carbonyl (C=O) groups is 1. The lowest BCUT2D eigenvalue weighted by Gasteiger charge is -2.31. The van der Waals surface area contributed by atoms with Gasteiger partial charge < -0.3 is 9.63 Å². The Bertz CT molecular complexity index is 353. The van der Waals surface area contributed by atoms with Crippen molar-refractivity contribution in [1.29, 1.82) is 0 Å². The van der Waals surface area contributed by atoms with Crippen molar-refractivity contribution in [3.63, 3.8) is 0 Å². The molecule has 6 heteroatoms. The second kappa shape index (κ2) is 5.77. The van der Waals surface area contributed by atoms with Crippen molar-refractivity contribution in [3.05, 3.63) is 12.2 Å². The smallest absolute Gasteiger partial charge is 0.303 e. The number of aliphatic carboxylic acids is 1. The van der Waals surface area contributed by atoms with Gasteiger partial charge >= 0.3 is 5.97 Å². The van der Waals surface area contributed by atoms with Gasteiger partial charge in [-0.3, -0.25) is 9.69 Å². The van der Waals surface area contributed by atoms with Gasteiger partial charge in [-0.1, -0.05) is 5.16 Å². The summed E-state index contributed by atoms with van der Waals surface area (Å²) in [5.41, 5.74) is 0. The maximum atomic E-state index is 10.5. The molecule has 0 spiro atoms. The molecule has 94 valence electrons. The summed E-state index contributed by atoms with van der Waals surface area (Å²) in [4.78, 5) is 16.8. The van der Waals surface area contributed by atoms with Crippen molar-refractivity contribution in [2.45, 2.75) is 32.2 Å². The number of carboxylic acid groups (broad SMARTS) is 1. The molecular weight excluding hydrogens is 222 g/mol. The van der Waals surface area contributed by atoms with Crippen molar-refractivity contribution in [2.24, 2.45) is 5.92 Å². The summed E-state index contributed by atoms with van der Waals surface area (Å²) in [6, 6.07) is 0. The predicted octanol–water partition coefficient (Wildman–Crippen LogP) is 1.15. The Morgan fingerprint density at radius 3 is 3.24 bits per heavy atom. The lowest BCUT2D eigenvalue weighted by Crippen LogP contribution is -2.35. The van der Waals surface area contributed by atoms with E-state index < -0.39 is 5.97 Å². The van der Waals surface area contributed by atoms with Gasteiger partial charge in [-0.15, -0.1) is 0 Å². The van der Waals surface area contributed by atoms with Crippen molar-refractivity contribution < 1.29 is 14.4 Å². The molecule has 6 nitrogen and oxygen atoms in total. The minimum atomic E-state index is -0.708. The van der Waals surface area contributed by atoms with Crippen LogP contribution in [0.4, 0.5) is 0 Å². The largest absolute Gasteiger partial charge is 0.481 e. The molecule has 1 aliphatic heterocycles. The molecule has 1 aromatic rings. The third-order valence-corrected chi connectivity index (χ3v) is 3.14. The molecule has 0 amide bonds. The molecule has 1 fully saturated rings. The highest BCUT2D eigenvalue weighted by Crippen LogP contribution is 2.21. The normalized spacial score (nSPS) is 21.5. The maximum Gasteiger partial charge on any atom is 0.303 e. The Balaban J connectivity index is 1.78. The number of hydrogen-bond acceptors (Lipinski definition) is 5. The van der Waals surface area contributed by atoms with Crippen LogP contribution in [0.2, 0.25) is 0 Å². The van der Waals surface area contributed by atoms with E-state index in [-0.39, 0.29) is 6.42 Å². The zero-order chi connectivity index (χ0) is 12.1. The van der Waals surface area contributed by atoms with Crippen molar-refractivity contribution in [1.82, 2.24) is 15.0 Å². The van der Waals surface area contributed by atoms with Crippen LogP contribution in [0.1, 0.15) is 31.5 Å². The number of piperidine rings is 1. The number of carboxylic acids is 1. The summed E-state index contributed by atoms with van der Waals surface area (Å²) < 4.78 is 4.70. The van der Waals surface area contributed by atoms with Gasteiger partial charge in [0.1, 0.15) is 0 Å². The molecule has 1 N–H and O–H groups in total. The molecule has 1 saturated heterocycles. The Kier molecular flexibility index (Phi) is 4.08. The predicted molar refractivity (Wildman–Crippen MR) is 59.2 cm³/mol. The zero-order valence-electron chi connectivity index (χ0n) is 9.71. The fourth-order valence-electron chi connectivity index (χ4n) is 2.32. The lowest BCUT2D eigenvalue weighted by atomic mass is 9.93. The van der Waals surface area contributed by atoms with Gasteiger partial charge in [-0.25, -0.2) is 0 Å². The van der Waals surface area contributed by atoms with Crippen LogP contribution in [0.15, 0.2) is 10.9 Å². The number of rotatable bonds is 5. The Morgan fingerprint density at radius 1 is 1.65 bits per heavy atom. The van der Waals surface area contributed by atoms with Crippen LogP contribution in [0.3, 0.4) is 0 Å². The summed E-state index contributed by atoms with van der Waals surface area (Å²) in [6.45, 7) is 2.65. The quantitative estimate of drug-likeness (QED) is 0.830. The number of hydrogen-bond donors (Lipinski definition) is 1. The molecule has 2 rings (SSSR count). The minimum absolute atomic E-state index is 0.265. The standard InChI is InChI=1S/C11H17N3O3/c15-11(16)4-3-9-2-1-5-14(6-9)7-10-12-8-17-13-10/h8-9H,1-7H2,(H,15,16). The van der Waals surface area contributed by atoms with E-state index in [2.05, 4.69) is 15.0 Å². The van der Waals surface area contributed by atoms with Crippen LogP contribution in [-0.2, 0) is 11.3 Å². The maximum absolute atomic E-state index is 10.5. The third-order valence-electron chi connectivity index (χ3n) is 3.14. The van der Waals surface area contributed by atoms with Gasteiger partial charge in [0.15, 0.2) is 5.82 Å². The van der Waals surface area contributed by atoms with Crippen LogP contribution in [-0.4, -0.2) is 39.2 Å². The first-order valence-corrected chi connectivity index (χ1v) is 5.93. The van der Waals surface area contributed by atoms with Gasteiger partial charge in [0.25, 0.3) is 0 Å². The molecule has 0 aromatic carbocycles. The minimum Gasteiger partial charge on any atom is -0.481 e. The summed E-state index contributed by atoms with van der Waals surface area (Å²) in [6.07, 6.45) is 4.60. The van der Waals surface area contributed by atoms with Gasteiger partial charge in [0.05, 0.1) is 6.54 Å². The van der Waals surface area contributed by atoms with Crippen molar-refractivity contribution in [3.8, 4) is 0 Å². The molecule has 0 radical (unpaired) electrons. The molecule has 1 unspecified atom stereocenters. The molecule has 1 aliphatic rings. The zero-order valence-corrected chi connectivity index (χ0v) is 9.71. The molecule has 2 heterocycles. The fourth-order valence-corrected chi connectivity index (χ4v) is 2.32. The molecule has 0 bridgehead atoms. The average Bonchev–Trinajstić information content (AvgIpc) is 2.80. The molecular formula is C11H17N3O3. The van der Waals surface area contributed by atoms with Gasteiger partial charge in [-0.2, -0.15) is 4.98 Å². The summed E-state index contributed by atoms with van der Waals surface area (Å²) in [7, 11) is 0. The highest BCUT2D eigenvalue weighted by molar-refractivity contribution is 5.66. The highest BCUT2D eigenvalue weighted by atomic mass is 16.5.